The van der Waals surface area contributed by atoms with E-state index in [1.807, 2.05) is 0 Å². The zero-order valence-corrected chi connectivity index (χ0v) is 17.2. The molecule has 0 unspecified atom stereocenters. The van der Waals surface area contributed by atoms with Gasteiger partial charge in [0.2, 0.25) is 0 Å². The number of aromatic amines is 1. The van der Waals surface area contributed by atoms with Crippen LogP contribution >= 0.6 is 0 Å². The van der Waals surface area contributed by atoms with Gasteiger partial charge in [-0.3, -0.25) is 15.1 Å². The van der Waals surface area contributed by atoms with Gasteiger partial charge in [-0.25, -0.2) is 14.4 Å². The number of carbonyl (C=O) groups is 2. The largest absolute Gasteiger partial charge is 0.465 e. The van der Waals surface area contributed by atoms with Crippen LogP contribution < -0.4 is 27.7 Å². The molecule has 1 aromatic heterocycles. The van der Waals surface area contributed by atoms with Crippen molar-refractivity contribution < 1.29 is 19.1 Å². The van der Waals surface area contributed by atoms with Crippen LogP contribution in [0.1, 0.15) is 15.9 Å². The lowest BCUT2D eigenvalue weighted by Gasteiger charge is -2.11. The topological polar surface area (TPSA) is 168 Å². The number of H-pyrrole nitrogens is 1. The molecule has 0 fully saturated rings. The second-order valence-electron chi connectivity index (χ2n) is 6.70. The van der Waals surface area contributed by atoms with Gasteiger partial charge in [-0.05, 0) is 35.9 Å². The van der Waals surface area contributed by atoms with Gasteiger partial charge in [0.1, 0.15) is 0 Å². The molecule has 2 amide bonds. The lowest BCUT2D eigenvalue weighted by atomic mass is 10.1. The molecule has 0 aliphatic carbocycles. The Kier molecular flexibility index (Phi) is 7.22. The molecular weight excluding hydrogens is 428 g/mol. The van der Waals surface area contributed by atoms with Crippen LogP contribution in [0.5, 0.6) is 0 Å². The van der Waals surface area contributed by atoms with Crippen molar-refractivity contribution in [3.05, 3.63) is 105 Å². The van der Waals surface area contributed by atoms with E-state index < -0.39 is 17.5 Å². The van der Waals surface area contributed by atoms with Crippen LogP contribution in [-0.4, -0.2) is 22.1 Å². The normalized spacial score (nSPS) is 10.1. The van der Waals surface area contributed by atoms with Gasteiger partial charge in [0.05, 0.1) is 16.5 Å². The van der Waals surface area contributed by atoms with Crippen LogP contribution in [0.4, 0.5) is 16.2 Å². The maximum atomic E-state index is 12.0. The number of benzene rings is 3. The molecule has 0 radical (unpaired) electrons. The molecule has 168 valence electrons. The Morgan fingerprint density at radius 2 is 1.61 bits per heavy atom. The van der Waals surface area contributed by atoms with Gasteiger partial charge < -0.3 is 20.6 Å². The van der Waals surface area contributed by atoms with Gasteiger partial charge >= 0.3 is 17.5 Å². The van der Waals surface area contributed by atoms with E-state index in [2.05, 4.69) is 20.0 Å². The Balaban J connectivity index is 0.000000215. The van der Waals surface area contributed by atoms with Crippen LogP contribution in [0.15, 0.2) is 86.8 Å². The third-order valence-electron chi connectivity index (χ3n) is 4.47. The first kappa shape index (κ1) is 22.8. The molecule has 0 bridgehead atoms. The fourth-order valence-electron chi connectivity index (χ4n) is 2.93. The van der Waals surface area contributed by atoms with Crippen LogP contribution in [0.25, 0.3) is 10.9 Å². The number of hydrogen-bond donors (Lipinski definition) is 5. The van der Waals surface area contributed by atoms with Crippen LogP contribution in [-0.2, 0) is 6.54 Å². The number of hydrogen-bond acceptors (Lipinski definition) is 6. The highest BCUT2D eigenvalue weighted by Crippen LogP contribution is 2.16. The lowest BCUT2D eigenvalue weighted by molar-refractivity contribution is 0.0952. The highest BCUT2D eigenvalue weighted by Gasteiger charge is 2.10. The Bertz CT molecular complexity index is 1410. The van der Waals surface area contributed by atoms with Crippen LogP contribution in [0.3, 0.4) is 0 Å². The number of para-hydroxylation sites is 3. The standard InChI is InChI=1S/C15H15N3O3.C8H5NO3/c16-12-7-3-2-6-11(12)14(19)17-9-10-5-1-4-8-13(10)18-15(20)21;10-7-5-3-1-2-4-6(5)9-8(11)12-7/h1-8,18H,9,16H2,(H,17,19)(H,20,21);1-4H,(H,9,11). The number of anilines is 2. The smallest absolute Gasteiger partial charge is 0.419 e. The van der Waals surface area contributed by atoms with E-state index in [1.54, 1.807) is 72.8 Å². The molecule has 4 rings (SSSR count). The van der Waals surface area contributed by atoms with Crippen molar-refractivity contribution in [3.8, 4) is 0 Å². The minimum Gasteiger partial charge on any atom is -0.465 e. The summed E-state index contributed by atoms with van der Waals surface area (Å²) in [7, 11) is 0. The Labute approximate surface area is 186 Å². The summed E-state index contributed by atoms with van der Waals surface area (Å²) >= 11 is 0. The molecule has 0 aliphatic heterocycles. The predicted octanol–water partition coefficient (Wildman–Crippen LogP) is 2.77. The number of amides is 2. The Hall–Kier alpha value is -4.86. The van der Waals surface area contributed by atoms with E-state index in [4.69, 9.17) is 10.8 Å². The summed E-state index contributed by atoms with van der Waals surface area (Å²) in [5, 5.41) is 14.2. The van der Waals surface area contributed by atoms with Crippen molar-refractivity contribution in [2.45, 2.75) is 6.54 Å². The number of nitrogen functional groups attached to an aromatic ring is 1. The molecule has 4 aromatic rings. The molecule has 10 heteroatoms. The first-order valence-corrected chi connectivity index (χ1v) is 9.68. The highest BCUT2D eigenvalue weighted by molar-refractivity contribution is 5.99. The van der Waals surface area contributed by atoms with Crippen molar-refractivity contribution in [2.24, 2.45) is 0 Å². The average molecular weight is 448 g/mol. The summed E-state index contributed by atoms with van der Waals surface area (Å²) in [6.07, 6.45) is -1.15. The van der Waals surface area contributed by atoms with E-state index in [0.717, 1.165) is 0 Å². The number of nitrogens with two attached hydrogens (primary N) is 1. The molecule has 33 heavy (non-hydrogen) atoms. The van der Waals surface area contributed by atoms with Gasteiger partial charge in [-0.15, -0.1) is 0 Å². The number of fused-ring (bicyclic) bond motifs is 1. The van der Waals surface area contributed by atoms with E-state index in [-0.39, 0.29) is 12.5 Å². The zero-order valence-electron chi connectivity index (χ0n) is 17.2. The van der Waals surface area contributed by atoms with Crippen LogP contribution in [0.2, 0.25) is 0 Å². The van der Waals surface area contributed by atoms with Gasteiger partial charge in [0.25, 0.3) is 5.91 Å². The van der Waals surface area contributed by atoms with Gasteiger partial charge in [-0.1, -0.05) is 42.5 Å². The zero-order chi connectivity index (χ0) is 23.8. The van der Waals surface area contributed by atoms with Crippen molar-refractivity contribution in [1.82, 2.24) is 10.3 Å². The molecule has 0 aliphatic rings. The summed E-state index contributed by atoms with van der Waals surface area (Å²) in [6, 6.07) is 20.3. The van der Waals surface area contributed by atoms with E-state index in [9.17, 15) is 19.2 Å². The Morgan fingerprint density at radius 1 is 0.939 bits per heavy atom. The molecule has 3 aromatic carbocycles. The second kappa shape index (κ2) is 10.4. The summed E-state index contributed by atoms with van der Waals surface area (Å²) in [5.41, 5.74) is 7.52. The molecule has 0 saturated heterocycles. The lowest BCUT2D eigenvalue weighted by Crippen LogP contribution is -2.24. The van der Waals surface area contributed by atoms with Crippen molar-refractivity contribution in [3.63, 3.8) is 0 Å². The molecule has 6 N–H and O–H groups in total. The highest BCUT2D eigenvalue weighted by atomic mass is 16.4. The number of nitrogens with one attached hydrogen (secondary N) is 3. The van der Waals surface area contributed by atoms with E-state index >= 15 is 0 Å². The van der Waals surface area contributed by atoms with E-state index in [0.29, 0.717) is 33.4 Å². The van der Waals surface area contributed by atoms with Crippen LogP contribution in [0, 0.1) is 0 Å². The van der Waals surface area contributed by atoms with Gasteiger partial charge in [0.15, 0.2) is 0 Å². The van der Waals surface area contributed by atoms with Gasteiger partial charge in [-0.2, -0.15) is 0 Å². The van der Waals surface area contributed by atoms with Gasteiger partial charge in [0, 0.05) is 17.9 Å². The Morgan fingerprint density at radius 3 is 2.36 bits per heavy atom. The SMILES string of the molecule is Nc1ccccc1C(=O)NCc1ccccc1NC(=O)O.O=c1[nH]c2ccccc2c(=O)o1. The minimum atomic E-state index is -1.15. The fourth-order valence-corrected chi connectivity index (χ4v) is 2.93. The van der Waals surface area contributed by atoms with Crippen molar-refractivity contribution in [2.75, 3.05) is 11.1 Å². The number of rotatable bonds is 4. The molecule has 0 spiro atoms. The van der Waals surface area contributed by atoms with E-state index in [1.165, 1.54) is 0 Å². The monoisotopic (exact) mass is 448 g/mol. The molecule has 0 saturated carbocycles. The number of carboxylic acid groups (broad SMARTS) is 1. The maximum absolute atomic E-state index is 12.0. The summed E-state index contributed by atoms with van der Waals surface area (Å²) in [4.78, 5) is 46.9. The van der Waals surface area contributed by atoms with Crippen molar-refractivity contribution in [1.29, 1.82) is 0 Å². The average Bonchev–Trinajstić information content (AvgIpc) is 2.78. The molecule has 10 nitrogen and oxygen atoms in total. The fraction of sp³-hybridized carbons (Fsp3) is 0.0435. The predicted molar refractivity (Wildman–Crippen MR) is 123 cm³/mol. The third kappa shape index (κ3) is 6.07. The second-order valence-corrected chi connectivity index (χ2v) is 6.70. The molecular formula is C23H20N4O6. The summed E-state index contributed by atoms with van der Waals surface area (Å²) in [6.45, 7) is 0.198. The molecule has 0 atom stereocenters. The quantitative estimate of drug-likeness (QED) is 0.299. The first-order valence-electron chi connectivity index (χ1n) is 9.68. The minimum absolute atomic E-state index is 0.198. The third-order valence-corrected chi connectivity index (χ3v) is 4.47. The summed E-state index contributed by atoms with van der Waals surface area (Å²) in [5.74, 6) is -1.03. The summed E-state index contributed by atoms with van der Waals surface area (Å²) < 4.78 is 4.32. The first-order chi connectivity index (χ1) is 15.8. The maximum Gasteiger partial charge on any atom is 0.419 e. The number of carbonyl (C=O) groups excluding carboxylic acids is 1. The number of aromatic nitrogens is 1. The van der Waals surface area contributed by atoms with Crippen molar-refractivity contribution >= 4 is 34.3 Å². The molecule has 1 heterocycles.